The SMILES string of the molecule is COC(=O)C[C@H](N)c1ccc(F)cc1Br. The Morgan fingerprint density at radius 2 is 2.33 bits per heavy atom. The van der Waals surface area contributed by atoms with Gasteiger partial charge in [-0.05, 0) is 17.7 Å². The molecular formula is C10H11BrFNO2. The average Bonchev–Trinajstić information content (AvgIpc) is 2.17. The molecule has 0 heterocycles. The monoisotopic (exact) mass is 275 g/mol. The highest BCUT2D eigenvalue weighted by atomic mass is 79.9. The van der Waals surface area contributed by atoms with Crippen LogP contribution in [0.5, 0.6) is 0 Å². The van der Waals surface area contributed by atoms with Crippen LogP contribution in [0.3, 0.4) is 0 Å². The van der Waals surface area contributed by atoms with Gasteiger partial charge in [0.1, 0.15) is 5.82 Å². The molecule has 5 heteroatoms. The lowest BCUT2D eigenvalue weighted by atomic mass is 10.1. The van der Waals surface area contributed by atoms with Crippen molar-refractivity contribution >= 4 is 21.9 Å². The lowest BCUT2D eigenvalue weighted by Crippen LogP contribution is -2.16. The molecule has 2 N–H and O–H groups in total. The zero-order valence-corrected chi connectivity index (χ0v) is 9.75. The Hall–Kier alpha value is -0.940. The first kappa shape index (κ1) is 12.1. The van der Waals surface area contributed by atoms with Crippen molar-refractivity contribution in [3.63, 3.8) is 0 Å². The third-order valence-electron chi connectivity index (χ3n) is 1.98. The van der Waals surface area contributed by atoms with E-state index < -0.39 is 12.0 Å². The van der Waals surface area contributed by atoms with E-state index in [-0.39, 0.29) is 12.2 Å². The minimum atomic E-state index is -0.493. The maximum atomic E-state index is 12.8. The molecule has 0 aliphatic rings. The molecule has 0 fully saturated rings. The second kappa shape index (κ2) is 5.23. The molecule has 0 aromatic heterocycles. The van der Waals surface area contributed by atoms with E-state index in [1.165, 1.54) is 19.2 Å². The molecule has 0 bridgehead atoms. The fourth-order valence-electron chi connectivity index (χ4n) is 1.18. The van der Waals surface area contributed by atoms with Crippen LogP contribution in [0.25, 0.3) is 0 Å². The maximum absolute atomic E-state index is 12.8. The van der Waals surface area contributed by atoms with Gasteiger partial charge in [0.25, 0.3) is 0 Å². The van der Waals surface area contributed by atoms with Crippen LogP contribution >= 0.6 is 15.9 Å². The summed E-state index contributed by atoms with van der Waals surface area (Å²) in [6.45, 7) is 0. The number of halogens is 2. The van der Waals surface area contributed by atoms with Crippen LogP contribution in [0.15, 0.2) is 22.7 Å². The van der Waals surface area contributed by atoms with Gasteiger partial charge in [-0.3, -0.25) is 4.79 Å². The van der Waals surface area contributed by atoms with Gasteiger partial charge >= 0.3 is 5.97 Å². The van der Waals surface area contributed by atoms with E-state index in [4.69, 9.17) is 5.73 Å². The van der Waals surface area contributed by atoms with Crippen LogP contribution in [0.1, 0.15) is 18.0 Å². The van der Waals surface area contributed by atoms with Crippen LogP contribution in [-0.2, 0) is 9.53 Å². The van der Waals surface area contributed by atoms with Gasteiger partial charge in [0.05, 0.1) is 13.5 Å². The van der Waals surface area contributed by atoms with Crippen molar-refractivity contribution < 1.29 is 13.9 Å². The number of nitrogens with two attached hydrogens (primary N) is 1. The molecule has 0 saturated carbocycles. The normalized spacial score (nSPS) is 12.3. The molecule has 0 aliphatic carbocycles. The van der Waals surface area contributed by atoms with E-state index >= 15 is 0 Å². The molecule has 1 aromatic rings. The summed E-state index contributed by atoms with van der Waals surface area (Å²) in [5, 5.41) is 0. The van der Waals surface area contributed by atoms with Crippen molar-refractivity contribution in [3.05, 3.63) is 34.1 Å². The highest BCUT2D eigenvalue weighted by Gasteiger charge is 2.14. The smallest absolute Gasteiger partial charge is 0.307 e. The van der Waals surface area contributed by atoms with E-state index in [9.17, 15) is 9.18 Å². The largest absolute Gasteiger partial charge is 0.469 e. The molecule has 3 nitrogen and oxygen atoms in total. The third-order valence-corrected chi connectivity index (χ3v) is 2.66. The zero-order valence-electron chi connectivity index (χ0n) is 8.17. The van der Waals surface area contributed by atoms with Gasteiger partial charge in [0, 0.05) is 10.5 Å². The number of hydrogen-bond acceptors (Lipinski definition) is 3. The third kappa shape index (κ3) is 3.28. The molecule has 0 radical (unpaired) electrons. The summed E-state index contributed by atoms with van der Waals surface area (Å²) in [6.07, 6.45) is 0.0702. The van der Waals surface area contributed by atoms with Gasteiger partial charge in [-0.15, -0.1) is 0 Å². The summed E-state index contributed by atoms with van der Waals surface area (Å²) in [5.74, 6) is -0.741. The number of hydrogen-bond donors (Lipinski definition) is 1. The molecule has 0 aliphatic heterocycles. The Kier molecular flexibility index (Phi) is 4.23. The lowest BCUT2D eigenvalue weighted by molar-refractivity contribution is -0.141. The average molecular weight is 276 g/mol. The first-order valence-corrected chi connectivity index (χ1v) is 5.11. The number of carbonyl (C=O) groups excluding carboxylic acids is 1. The van der Waals surface area contributed by atoms with Crippen molar-refractivity contribution in [2.24, 2.45) is 5.73 Å². The molecule has 0 spiro atoms. The fourth-order valence-corrected chi connectivity index (χ4v) is 1.82. The summed E-state index contributed by atoms with van der Waals surface area (Å²) < 4.78 is 17.8. The van der Waals surface area contributed by atoms with Crippen molar-refractivity contribution in [2.45, 2.75) is 12.5 Å². The second-order valence-electron chi connectivity index (χ2n) is 3.05. The lowest BCUT2D eigenvalue weighted by Gasteiger charge is -2.12. The number of esters is 1. The topological polar surface area (TPSA) is 52.3 Å². The van der Waals surface area contributed by atoms with E-state index in [0.717, 1.165) is 0 Å². The molecule has 1 aromatic carbocycles. The van der Waals surface area contributed by atoms with Crippen LogP contribution in [0.2, 0.25) is 0 Å². The summed E-state index contributed by atoms with van der Waals surface area (Å²) >= 11 is 3.19. The quantitative estimate of drug-likeness (QED) is 0.860. The number of rotatable bonds is 3. The molecule has 0 saturated heterocycles. The van der Waals surface area contributed by atoms with E-state index in [0.29, 0.717) is 10.0 Å². The van der Waals surface area contributed by atoms with Gasteiger partial charge in [-0.2, -0.15) is 0 Å². The Labute approximate surface area is 95.5 Å². The van der Waals surface area contributed by atoms with Gasteiger partial charge < -0.3 is 10.5 Å². The van der Waals surface area contributed by atoms with Gasteiger partial charge in [-0.1, -0.05) is 22.0 Å². The maximum Gasteiger partial charge on any atom is 0.307 e. The molecule has 0 amide bonds. The summed E-state index contributed by atoms with van der Waals surface area (Å²) in [7, 11) is 1.30. The van der Waals surface area contributed by atoms with Crippen LogP contribution in [0, 0.1) is 5.82 Å². The summed E-state index contributed by atoms with van der Waals surface area (Å²) in [4.78, 5) is 11.0. The molecule has 15 heavy (non-hydrogen) atoms. The first-order valence-electron chi connectivity index (χ1n) is 4.32. The predicted octanol–water partition coefficient (Wildman–Crippen LogP) is 2.15. The Morgan fingerprint density at radius 3 is 2.87 bits per heavy atom. The molecule has 1 rings (SSSR count). The summed E-state index contributed by atoms with van der Waals surface area (Å²) in [5.41, 5.74) is 6.45. The summed E-state index contributed by atoms with van der Waals surface area (Å²) in [6, 6.07) is 3.67. The number of carbonyl (C=O) groups is 1. The number of benzene rings is 1. The minimum Gasteiger partial charge on any atom is -0.469 e. The van der Waals surface area contributed by atoms with Gasteiger partial charge in [0.2, 0.25) is 0 Å². The second-order valence-corrected chi connectivity index (χ2v) is 3.91. The molecule has 1 atom stereocenters. The van der Waals surface area contributed by atoms with Crippen LogP contribution in [0.4, 0.5) is 4.39 Å². The van der Waals surface area contributed by atoms with E-state index in [1.807, 2.05) is 0 Å². The highest BCUT2D eigenvalue weighted by molar-refractivity contribution is 9.10. The van der Waals surface area contributed by atoms with Crippen molar-refractivity contribution in [3.8, 4) is 0 Å². The fraction of sp³-hybridized carbons (Fsp3) is 0.300. The highest BCUT2D eigenvalue weighted by Crippen LogP contribution is 2.24. The Morgan fingerprint density at radius 1 is 1.67 bits per heavy atom. The minimum absolute atomic E-state index is 0.0702. The Balaban J connectivity index is 2.82. The van der Waals surface area contributed by atoms with Crippen molar-refractivity contribution in [2.75, 3.05) is 7.11 Å². The van der Waals surface area contributed by atoms with Gasteiger partial charge in [-0.25, -0.2) is 4.39 Å². The molecule has 0 unspecified atom stereocenters. The van der Waals surface area contributed by atoms with Gasteiger partial charge in [0.15, 0.2) is 0 Å². The van der Waals surface area contributed by atoms with Crippen molar-refractivity contribution in [1.82, 2.24) is 0 Å². The Bertz CT molecular complexity index is 370. The zero-order chi connectivity index (χ0) is 11.4. The van der Waals surface area contributed by atoms with Crippen LogP contribution in [-0.4, -0.2) is 13.1 Å². The standard InChI is InChI=1S/C10H11BrFNO2/c1-15-10(14)5-9(13)7-3-2-6(12)4-8(7)11/h2-4,9H,5,13H2,1H3/t9-/m0/s1. The molecule has 82 valence electrons. The van der Waals surface area contributed by atoms with E-state index in [1.54, 1.807) is 6.07 Å². The van der Waals surface area contributed by atoms with E-state index in [2.05, 4.69) is 20.7 Å². The first-order chi connectivity index (χ1) is 7.04. The number of ether oxygens (including phenoxy) is 1. The molecular weight excluding hydrogens is 265 g/mol. The van der Waals surface area contributed by atoms with Crippen molar-refractivity contribution in [1.29, 1.82) is 0 Å². The number of methoxy groups -OCH3 is 1. The van der Waals surface area contributed by atoms with Crippen LogP contribution < -0.4 is 5.73 Å². The predicted molar refractivity (Wildman–Crippen MR) is 57.7 cm³/mol.